The van der Waals surface area contributed by atoms with Crippen molar-refractivity contribution in [2.45, 2.75) is 120 Å². The fourth-order valence-corrected chi connectivity index (χ4v) is 12.5. The van der Waals surface area contributed by atoms with Crippen molar-refractivity contribution in [3.63, 3.8) is 0 Å². The van der Waals surface area contributed by atoms with Gasteiger partial charge in [0.05, 0.1) is 42.1 Å². The summed E-state index contributed by atoms with van der Waals surface area (Å²) in [5, 5.41) is 54.1. The van der Waals surface area contributed by atoms with Gasteiger partial charge in [0.25, 0.3) is 0 Å². The number of carbonyl (C=O) groups excluding carboxylic acids is 4. The molecule has 68 heavy (non-hydrogen) atoms. The van der Waals surface area contributed by atoms with Gasteiger partial charge in [0, 0.05) is 66.8 Å². The van der Waals surface area contributed by atoms with Gasteiger partial charge in [-0.15, -0.1) is 35.6 Å². The summed E-state index contributed by atoms with van der Waals surface area (Å²) in [6, 6.07) is 10.3. The highest BCUT2D eigenvalue weighted by molar-refractivity contribution is 6.31. The van der Waals surface area contributed by atoms with Gasteiger partial charge >= 0.3 is 6.09 Å². The summed E-state index contributed by atoms with van der Waals surface area (Å²) in [6.45, 7) is 3.98. The van der Waals surface area contributed by atoms with Gasteiger partial charge in [-0.25, -0.2) is 4.79 Å². The number of phenols is 2. The van der Waals surface area contributed by atoms with Gasteiger partial charge in [-0.3, -0.25) is 14.4 Å². The Morgan fingerprint density at radius 1 is 0.971 bits per heavy atom. The zero-order valence-corrected chi connectivity index (χ0v) is 40.7. The molecule has 3 aromatic rings. The van der Waals surface area contributed by atoms with E-state index in [-0.39, 0.29) is 70.5 Å². The van der Waals surface area contributed by atoms with E-state index in [1.165, 1.54) is 36.4 Å². The van der Waals surface area contributed by atoms with Gasteiger partial charge in [-0.2, -0.15) is 0 Å². The highest BCUT2D eigenvalue weighted by atomic mass is 35.5. The van der Waals surface area contributed by atoms with E-state index in [0.29, 0.717) is 54.8 Å². The van der Waals surface area contributed by atoms with E-state index in [4.69, 9.17) is 47.9 Å². The lowest BCUT2D eigenvalue weighted by Crippen LogP contribution is -2.48. The average Bonchev–Trinajstić information content (AvgIpc) is 3.61. The first-order chi connectivity index (χ1) is 32.0. The molecule has 3 aromatic carbocycles. The van der Waals surface area contributed by atoms with E-state index in [0.717, 1.165) is 38.5 Å². The largest absolute Gasteiger partial charge is 0.507 e. The first-order valence-electron chi connectivity index (χ1n) is 23.2. The van der Waals surface area contributed by atoms with Crippen LogP contribution in [0.25, 0.3) is 0 Å². The first kappa shape index (κ1) is 51.8. The van der Waals surface area contributed by atoms with Crippen molar-refractivity contribution in [1.82, 2.24) is 4.90 Å². The number of fused-ring (bicyclic) bond motifs is 8. The molecule has 0 bridgehead atoms. The Bertz CT molecular complexity index is 2420. The molecular weight excluding hydrogens is 943 g/mol. The first-order valence-corrected chi connectivity index (χ1v) is 24.2. The molecule has 1 amide bonds. The maximum atomic E-state index is 13.6. The molecule has 5 aliphatic carbocycles. The summed E-state index contributed by atoms with van der Waals surface area (Å²) < 4.78 is 22.8. The second-order valence-corrected chi connectivity index (χ2v) is 20.0. The van der Waals surface area contributed by atoms with Crippen LogP contribution in [0.3, 0.4) is 0 Å². The van der Waals surface area contributed by atoms with Crippen LogP contribution in [-0.2, 0) is 27.1 Å². The molecule has 10 atom stereocenters. The summed E-state index contributed by atoms with van der Waals surface area (Å²) >= 11 is 11.6. The lowest BCUT2D eigenvalue weighted by molar-refractivity contribution is -0.225. The van der Waals surface area contributed by atoms with Crippen molar-refractivity contribution in [2.75, 3.05) is 38.6 Å². The molecule has 3 fully saturated rings. The van der Waals surface area contributed by atoms with E-state index in [2.05, 4.69) is 13.0 Å². The van der Waals surface area contributed by atoms with E-state index in [1.807, 2.05) is 19.1 Å². The van der Waals surface area contributed by atoms with Crippen LogP contribution >= 0.6 is 35.6 Å². The number of halogens is 3. The minimum atomic E-state index is -2.18. The standard InChI is InChI=1S/C27H29NO10.C23H31Cl2NO3.ClH/c1-11-6-12(28)7-18(37-11)38-16-9-27(35,17(30)10-29)8-14-20(16)26(34)22-21(24(14)32)23(31)13-4-3-5-15(36-2)19(13)25(22)33;1-23-9-8-18-17-5-3-16(29-22(28)26(12-10-24)13-11-25)14-15(17)2-4-19(18)20(23)6-7-21(23)27;/h3-5,11-12,16,18,29,32,34-35H,6-10,28H2,1-2H3;3,5,14,18-21,27H,2,4,6-13H2,1H3;1H/t11-,12+,16-,18-,27-;18-,19-,20+,21+,23+;/m01./s1. The molecule has 1 heterocycles. The van der Waals surface area contributed by atoms with Crippen molar-refractivity contribution in [1.29, 1.82) is 0 Å². The SMILES string of the molecule is COc1cccc2c1C(=O)c1c(O)c3c(c(O)c1C2=O)C[C@@](O)(C(=O)CO)C[C@@H]3O[C@H]1C[C@H](N)C[C@H](C)O1.C[C@]12CC[C@@H]3c4ccc(OC(=O)N(CCCl)CCCl)cc4CC[C@H]3[C@@H]1CC[C@@H]2O.Cl. The third-order valence-corrected chi connectivity index (χ3v) is 15.7. The Kier molecular flexibility index (Phi) is 15.8. The van der Waals surface area contributed by atoms with Crippen molar-refractivity contribution in [2.24, 2.45) is 23.0 Å². The number of alkyl halides is 2. The molecule has 1 saturated heterocycles. The van der Waals surface area contributed by atoms with E-state index in [9.17, 15) is 44.7 Å². The minimum Gasteiger partial charge on any atom is -0.507 e. The number of hydrogen-bond acceptors (Lipinski definition) is 14. The van der Waals surface area contributed by atoms with Crippen LogP contribution < -0.4 is 15.2 Å². The number of hydrogen-bond donors (Lipinski definition) is 6. The maximum absolute atomic E-state index is 13.6. The number of benzene rings is 3. The number of amides is 1. The molecule has 0 radical (unpaired) electrons. The van der Waals surface area contributed by atoms with Crippen molar-refractivity contribution in [3.8, 4) is 23.0 Å². The zero-order valence-electron chi connectivity index (χ0n) is 38.4. The molecule has 9 rings (SSSR count). The van der Waals surface area contributed by atoms with Crippen LogP contribution in [0.2, 0.25) is 0 Å². The van der Waals surface area contributed by atoms with Crippen LogP contribution in [0, 0.1) is 17.3 Å². The number of Topliss-reactive ketones (excluding diaryl/α,β-unsaturated/α-hetero) is 1. The Hall–Kier alpha value is -4.03. The lowest BCUT2D eigenvalue weighted by atomic mass is 9.55. The number of rotatable bonds is 10. The Balaban J connectivity index is 0.000000205. The number of aliphatic hydroxyl groups excluding tert-OH is 2. The Morgan fingerprint density at radius 3 is 2.37 bits per heavy atom. The third kappa shape index (κ3) is 9.35. The molecular formula is C50H61Cl3N2O13. The molecule has 18 heteroatoms. The second kappa shape index (κ2) is 20.7. The van der Waals surface area contributed by atoms with Gasteiger partial charge in [-0.05, 0) is 104 Å². The maximum Gasteiger partial charge on any atom is 0.415 e. The number of methoxy groups -OCH3 is 1. The fraction of sp³-hybridized carbons (Fsp3) is 0.560. The number of nitrogens with zero attached hydrogens (tertiary/aromatic N) is 1. The highest BCUT2D eigenvalue weighted by Gasteiger charge is 2.55. The molecule has 0 aromatic heterocycles. The summed E-state index contributed by atoms with van der Waals surface area (Å²) in [6.07, 6.45) is 3.54. The Labute approximate surface area is 411 Å². The van der Waals surface area contributed by atoms with Gasteiger partial charge in [0.1, 0.15) is 35.2 Å². The van der Waals surface area contributed by atoms with Gasteiger partial charge in [-0.1, -0.05) is 25.1 Å². The smallest absolute Gasteiger partial charge is 0.415 e. The normalized spacial score (nSPS) is 29.8. The number of carbonyl (C=O) groups is 4. The molecule has 15 nitrogen and oxygen atoms in total. The van der Waals surface area contributed by atoms with Crippen molar-refractivity contribution in [3.05, 3.63) is 80.9 Å². The molecule has 2 saturated carbocycles. The minimum absolute atomic E-state index is 0. The van der Waals surface area contributed by atoms with Gasteiger partial charge < -0.3 is 55.1 Å². The fourth-order valence-electron chi connectivity index (χ4n) is 12.1. The van der Waals surface area contributed by atoms with Crippen LogP contribution in [0.5, 0.6) is 23.0 Å². The predicted molar refractivity (Wildman–Crippen MR) is 254 cm³/mol. The van der Waals surface area contributed by atoms with Gasteiger partial charge in [0.2, 0.25) is 5.78 Å². The number of ether oxygens (including phenoxy) is 4. The second-order valence-electron chi connectivity index (χ2n) is 19.3. The zero-order chi connectivity index (χ0) is 48.1. The van der Waals surface area contributed by atoms with E-state index in [1.54, 1.807) is 4.90 Å². The highest BCUT2D eigenvalue weighted by Crippen LogP contribution is 2.61. The van der Waals surface area contributed by atoms with Gasteiger partial charge in [0.15, 0.2) is 17.9 Å². The van der Waals surface area contributed by atoms with Crippen LogP contribution in [0.15, 0.2) is 36.4 Å². The quantitative estimate of drug-likeness (QED) is 0.0723. The van der Waals surface area contributed by atoms with E-state index >= 15 is 0 Å². The van der Waals surface area contributed by atoms with Crippen molar-refractivity contribution < 1.29 is 63.7 Å². The number of aliphatic hydroxyl groups is 3. The third-order valence-electron chi connectivity index (χ3n) is 15.4. The number of ketones is 3. The van der Waals surface area contributed by atoms with E-state index < -0.39 is 83.5 Å². The predicted octanol–water partition coefficient (Wildman–Crippen LogP) is 6.63. The number of aromatic hydroxyl groups is 2. The number of nitrogens with two attached hydrogens (primary N) is 1. The molecule has 7 N–H and O–H groups in total. The number of phenolic OH excluding ortho intramolecular Hbond substituents is 2. The van der Waals surface area contributed by atoms with Crippen LogP contribution in [0.4, 0.5) is 4.79 Å². The van der Waals surface area contributed by atoms with Crippen molar-refractivity contribution >= 4 is 59.1 Å². The van der Waals surface area contributed by atoms with Crippen LogP contribution in [0.1, 0.15) is 131 Å². The van der Waals surface area contributed by atoms with Crippen LogP contribution in [-0.4, -0.2) is 123 Å². The summed E-state index contributed by atoms with van der Waals surface area (Å²) in [4.78, 5) is 53.7. The summed E-state index contributed by atoms with van der Waals surface area (Å²) in [5.74, 6) is -0.394. The molecule has 0 unspecified atom stereocenters. The Morgan fingerprint density at radius 2 is 1.69 bits per heavy atom. The average molecular weight is 1000 g/mol. The topological polar surface area (TPSA) is 236 Å². The summed E-state index contributed by atoms with van der Waals surface area (Å²) in [5.41, 5.74) is 5.60. The molecule has 1 aliphatic heterocycles. The molecule has 6 aliphatic rings. The molecule has 0 spiro atoms. The lowest BCUT2D eigenvalue weighted by Gasteiger charge is -2.50. The molecule has 370 valence electrons. The number of aryl methyl sites for hydroxylation is 1. The summed E-state index contributed by atoms with van der Waals surface area (Å²) in [7, 11) is 1.34. The monoisotopic (exact) mass is 1000 g/mol.